The van der Waals surface area contributed by atoms with Crippen molar-refractivity contribution < 1.29 is 9.32 Å². The fraction of sp³-hybridized carbons (Fsp3) is 0.818. The van der Waals surface area contributed by atoms with Crippen molar-refractivity contribution in [3.05, 3.63) is 11.8 Å². The monoisotopic (exact) mass is 390 g/mol. The maximum atomic E-state index is 12.9. The molecule has 1 aromatic rings. The molecule has 3 heterocycles. The summed E-state index contributed by atoms with van der Waals surface area (Å²) in [7, 11) is 0. The molecule has 1 aromatic heterocycles. The van der Waals surface area contributed by atoms with Gasteiger partial charge >= 0.3 is 0 Å². The molecule has 6 nitrogen and oxygen atoms in total. The highest BCUT2D eigenvalue weighted by molar-refractivity contribution is 5.94. The van der Waals surface area contributed by atoms with Crippen LogP contribution in [-0.2, 0) is 4.79 Å². The van der Waals surface area contributed by atoms with Gasteiger partial charge in [0.1, 0.15) is 5.76 Å². The topological polar surface area (TPSA) is 61.6 Å². The maximum Gasteiger partial charge on any atom is 0.242 e. The van der Waals surface area contributed by atoms with Gasteiger partial charge in [-0.1, -0.05) is 37.8 Å². The lowest BCUT2D eigenvalue weighted by molar-refractivity contribution is -0.122. The first kappa shape index (κ1) is 21.3. The van der Waals surface area contributed by atoms with Crippen molar-refractivity contribution in [1.82, 2.24) is 15.0 Å². The molecule has 0 saturated carbocycles. The fourth-order valence-electron chi connectivity index (χ4n) is 4.64. The third kappa shape index (κ3) is 6.31. The third-order valence-corrected chi connectivity index (χ3v) is 6.32. The van der Waals surface area contributed by atoms with Crippen LogP contribution in [-0.4, -0.2) is 59.6 Å². The zero-order valence-electron chi connectivity index (χ0n) is 17.8. The first-order chi connectivity index (χ1) is 13.7. The van der Waals surface area contributed by atoms with Crippen LogP contribution in [0.1, 0.15) is 70.5 Å². The van der Waals surface area contributed by atoms with Gasteiger partial charge in [0.25, 0.3) is 0 Å². The minimum absolute atomic E-state index is 0.0592. The molecule has 2 fully saturated rings. The molecule has 1 atom stereocenters. The van der Waals surface area contributed by atoms with Gasteiger partial charge in [0.2, 0.25) is 5.91 Å². The molecule has 1 unspecified atom stereocenters. The van der Waals surface area contributed by atoms with Gasteiger partial charge in [-0.3, -0.25) is 9.69 Å². The van der Waals surface area contributed by atoms with Crippen molar-refractivity contribution in [1.29, 1.82) is 0 Å². The molecule has 2 aliphatic heterocycles. The van der Waals surface area contributed by atoms with Crippen LogP contribution in [0.3, 0.4) is 0 Å². The Morgan fingerprint density at radius 3 is 2.54 bits per heavy atom. The molecule has 0 bridgehead atoms. The second-order valence-electron chi connectivity index (χ2n) is 8.66. The van der Waals surface area contributed by atoms with E-state index in [1.54, 1.807) is 6.07 Å². The molecule has 6 heteroatoms. The zero-order chi connectivity index (χ0) is 19.8. The number of anilines is 1. The number of piperidine rings is 1. The Kier molecular flexibility index (Phi) is 8.34. The molecule has 3 rings (SSSR count). The molecule has 0 aliphatic carbocycles. The summed E-state index contributed by atoms with van der Waals surface area (Å²) < 4.78 is 5.08. The molecular weight excluding hydrogens is 352 g/mol. The molecule has 2 saturated heterocycles. The molecule has 0 radical (unpaired) electrons. The summed E-state index contributed by atoms with van der Waals surface area (Å²) in [5, 5.41) is 6.88. The van der Waals surface area contributed by atoms with Crippen molar-refractivity contribution in [3.8, 4) is 0 Å². The van der Waals surface area contributed by atoms with E-state index in [4.69, 9.17) is 4.52 Å². The molecule has 2 aliphatic rings. The molecule has 28 heavy (non-hydrogen) atoms. The fourth-order valence-corrected chi connectivity index (χ4v) is 4.64. The predicted octanol–water partition coefficient (Wildman–Crippen LogP) is 4.07. The number of nitrogens with zero attached hydrogens (tertiary/aromatic N) is 3. The quantitative estimate of drug-likeness (QED) is 0.725. The average Bonchev–Trinajstić information content (AvgIpc) is 2.93. The minimum atomic E-state index is -0.0592. The highest BCUT2D eigenvalue weighted by Crippen LogP contribution is 2.24. The lowest BCUT2D eigenvalue weighted by atomic mass is 9.94. The first-order valence-electron chi connectivity index (χ1n) is 11.4. The van der Waals surface area contributed by atoms with Crippen LogP contribution in [0.5, 0.6) is 0 Å². The number of hydrogen-bond acceptors (Lipinski definition) is 5. The zero-order valence-corrected chi connectivity index (χ0v) is 17.8. The van der Waals surface area contributed by atoms with Crippen LogP contribution in [0.15, 0.2) is 10.6 Å². The van der Waals surface area contributed by atoms with E-state index in [1.807, 2.05) is 6.92 Å². The highest BCUT2D eigenvalue weighted by atomic mass is 16.5. The number of rotatable bonds is 8. The van der Waals surface area contributed by atoms with Crippen LogP contribution in [0, 0.1) is 12.8 Å². The largest absolute Gasteiger partial charge is 0.360 e. The smallest absolute Gasteiger partial charge is 0.242 e. The number of likely N-dealkylation sites (tertiary alicyclic amines) is 2. The molecule has 1 amide bonds. The first-order valence-corrected chi connectivity index (χ1v) is 11.4. The second-order valence-corrected chi connectivity index (χ2v) is 8.66. The van der Waals surface area contributed by atoms with E-state index in [2.05, 4.69) is 27.2 Å². The Morgan fingerprint density at radius 2 is 1.93 bits per heavy atom. The number of hydrogen-bond donors (Lipinski definition) is 1. The van der Waals surface area contributed by atoms with Crippen LogP contribution in [0.4, 0.5) is 5.82 Å². The van der Waals surface area contributed by atoms with E-state index in [-0.39, 0.29) is 11.9 Å². The van der Waals surface area contributed by atoms with Gasteiger partial charge in [-0.2, -0.15) is 0 Å². The second kappa shape index (κ2) is 11.0. The standard InChI is InChI=1S/C22H38N4O2/c1-3-4-9-20(22(27)23-21-16-18(2)28-24-21)26-14-10-19(11-15-26)17-25-12-7-5-6-8-13-25/h16,19-20H,3-15,17H2,1-2H3,(H,23,24,27). The van der Waals surface area contributed by atoms with E-state index in [9.17, 15) is 4.79 Å². The summed E-state index contributed by atoms with van der Waals surface area (Å²) >= 11 is 0. The van der Waals surface area contributed by atoms with E-state index in [1.165, 1.54) is 58.2 Å². The Balaban J connectivity index is 1.51. The van der Waals surface area contributed by atoms with Crippen molar-refractivity contribution in [2.24, 2.45) is 5.92 Å². The number of aromatic nitrogens is 1. The molecule has 1 N–H and O–H groups in total. The number of carbonyl (C=O) groups excluding carboxylic acids is 1. The predicted molar refractivity (Wildman–Crippen MR) is 112 cm³/mol. The summed E-state index contributed by atoms with van der Waals surface area (Å²) in [5.41, 5.74) is 0. The van der Waals surface area contributed by atoms with Crippen LogP contribution in [0.2, 0.25) is 0 Å². The van der Waals surface area contributed by atoms with Crippen molar-refractivity contribution in [3.63, 3.8) is 0 Å². The molecule has 0 spiro atoms. The van der Waals surface area contributed by atoms with Gasteiger partial charge in [-0.25, -0.2) is 0 Å². The Labute approximate surface area is 170 Å². The number of unbranched alkanes of at least 4 members (excludes halogenated alkanes) is 1. The summed E-state index contributed by atoms with van der Waals surface area (Å²) in [4.78, 5) is 18.0. The Morgan fingerprint density at radius 1 is 1.21 bits per heavy atom. The van der Waals surface area contributed by atoms with Gasteiger partial charge in [0, 0.05) is 12.6 Å². The summed E-state index contributed by atoms with van der Waals surface area (Å²) in [5.74, 6) is 2.09. The number of amides is 1. The van der Waals surface area contributed by atoms with Crippen molar-refractivity contribution in [2.45, 2.75) is 77.7 Å². The SMILES string of the molecule is CCCCC(C(=O)Nc1cc(C)on1)N1CCC(CN2CCCCCC2)CC1. The van der Waals surface area contributed by atoms with Gasteiger partial charge < -0.3 is 14.7 Å². The normalized spacial score (nSPS) is 21.4. The maximum absolute atomic E-state index is 12.9. The Hall–Kier alpha value is -1.40. The molecule has 158 valence electrons. The van der Waals surface area contributed by atoms with Crippen LogP contribution >= 0.6 is 0 Å². The molecular formula is C22H38N4O2. The van der Waals surface area contributed by atoms with Gasteiger partial charge in [-0.15, -0.1) is 0 Å². The molecule has 0 aromatic carbocycles. The number of nitrogens with one attached hydrogen (secondary N) is 1. The van der Waals surface area contributed by atoms with Crippen LogP contribution < -0.4 is 5.32 Å². The summed E-state index contributed by atoms with van der Waals surface area (Å²) in [6.07, 6.45) is 11.0. The van der Waals surface area contributed by atoms with Gasteiger partial charge in [-0.05, 0) is 71.1 Å². The third-order valence-electron chi connectivity index (χ3n) is 6.32. The summed E-state index contributed by atoms with van der Waals surface area (Å²) in [6, 6.07) is 1.72. The average molecular weight is 391 g/mol. The van der Waals surface area contributed by atoms with Gasteiger partial charge in [0.05, 0.1) is 6.04 Å². The Bertz CT molecular complexity index is 587. The lowest BCUT2D eigenvalue weighted by Crippen LogP contribution is -2.49. The lowest BCUT2D eigenvalue weighted by Gasteiger charge is -2.38. The van der Waals surface area contributed by atoms with Crippen LogP contribution in [0.25, 0.3) is 0 Å². The van der Waals surface area contributed by atoms with Crippen molar-refractivity contribution >= 4 is 11.7 Å². The van der Waals surface area contributed by atoms with E-state index < -0.39 is 0 Å². The van der Waals surface area contributed by atoms with E-state index in [0.717, 1.165) is 44.0 Å². The highest BCUT2D eigenvalue weighted by Gasteiger charge is 2.30. The number of carbonyl (C=O) groups is 1. The minimum Gasteiger partial charge on any atom is -0.360 e. The summed E-state index contributed by atoms with van der Waals surface area (Å²) in [6.45, 7) is 9.88. The van der Waals surface area contributed by atoms with E-state index >= 15 is 0 Å². The van der Waals surface area contributed by atoms with E-state index in [0.29, 0.717) is 5.82 Å². The number of aryl methyl sites for hydroxylation is 1. The van der Waals surface area contributed by atoms with Crippen molar-refractivity contribution in [2.75, 3.05) is 38.0 Å². The van der Waals surface area contributed by atoms with Gasteiger partial charge in [0.15, 0.2) is 5.82 Å².